The zero-order chi connectivity index (χ0) is 25.5. The summed E-state index contributed by atoms with van der Waals surface area (Å²) in [5, 5.41) is 22.0. The number of aryl methyl sites for hydroxylation is 2. The number of methoxy groups -OCH3 is 2. The third-order valence-electron chi connectivity index (χ3n) is 6.37. The molecule has 3 aromatic rings. The van der Waals surface area contributed by atoms with E-state index >= 15 is 0 Å². The summed E-state index contributed by atoms with van der Waals surface area (Å²) in [5.74, 6) is -1.02. The van der Waals surface area contributed by atoms with E-state index in [2.05, 4.69) is 15.7 Å². The normalized spacial score (nSPS) is 21.0. The molecule has 1 aromatic heterocycles. The number of primary amides is 1. The predicted molar refractivity (Wildman–Crippen MR) is 131 cm³/mol. The Morgan fingerprint density at radius 3 is 2.49 bits per heavy atom. The Bertz CT molecular complexity index is 1300. The van der Waals surface area contributed by atoms with Crippen LogP contribution in [0.3, 0.4) is 0 Å². The smallest absolute Gasteiger partial charge is 0.254 e. The lowest BCUT2D eigenvalue weighted by atomic mass is 9.82. The molecular formula is C25H29N5O5. The van der Waals surface area contributed by atoms with Crippen LogP contribution in [0.1, 0.15) is 40.0 Å². The lowest BCUT2D eigenvalue weighted by Crippen LogP contribution is -2.53. The Balaban J connectivity index is 1.84. The average molecular weight is 480 g/mol. The Morgan fingerprint density at radius 2 is 1.86 bits per heavy atom. The second-order valence-electron chi connectivity index (χ2n) is 8.80. The van der Waals surface area contributed by atoms with Crippen LogP contribution >= 0.6 is 0 Å². The number of amides is 2. The van der Waals surface area contributed by atoms with Crippen molar-refractivity contribution in [3.63, 3.8) is 0 Å². The van der Waals surface area contributed by atoms with Gasteiger partial charge in [-0.05, 0) is 50.1 Å². The molecule has 5 N–H and O–H groups in total. The van der Waals surface area contributed by atoms with E-state index in [1.165, 1.54) is 32.0 Å². The summed E-state index contributed by atoms with van der Waals surface area (Å²) in [5.41, 5.74) is 7.04. The summed E-state index contributed by atoms with van der Waals surface area (Å²) in [6.07, 6.45) is 1.27. The predicted octanol–water partition coefficient (Wildman–Crippen LogP) is 2.70. The SMILES string of the molecule is COc1ccc([C@@H]2Nc3c(C(N)=O)cnn3[C@](C)(O)[C@@H]2C(=O)Nc2ccc(C)cc2C)cc1OC. The molecule has 3 atom stereocenters. The summed E-state index contributed by atoms with van der Waals surface area (Å²) in [4.78, 5) is 25.8. The van der Waals surface area contributed by atoms with Crippen molar-refractivity contribution >= 4 is 23.3 Å². The van der Waals surface area contributed by atoms with Crippen LogP contribution in [0.2, 0.25) is 0 Å². The van der Waals surface area contributed by atoms with Crippen LogP contribution in [0.25, 0.3) is 0 Å². The summed E-state index contributed by atoms with van der Waals surface area (Å²) in [7, 11) is 3.04. The fourth-order valence-corrected chi connectivity index (χ4v) is 4.58. The monoisotopic (exact) mass is 479 g/mol. The van der Waals surface area contributed by atoms with Gasteiger partial charge in [-0.15, -0.1) is 0 Å². The molecule has 0 spiro atoms. The molecule has 0 bridgehead atoms. The first-order valence-electron chi connectivity index (χ1n) is 11.1. The molecule has 0 fully saturated rings. The number of carbonyl (C=O) groups excluding carboxylic acids is 2. The number of benzene rings is 2. The highest BCUT2D eigenvalue weighted by molar-refractivity contribution is 5.99. The van der Waals surface area contributed by atoms with E-state index in [4.69, 9.17) is 15.2 Å². The summed E-state index contributed by atoms with van der Waals surface area (Å²) < 4.78 is 12.0. The molecule has 0 saturated heterocycles. The molecule has 35 heavy (non-hydrogen) atoms. The Hall–Kier alpha value is -4.05. The lowest BCUT2D eigenvalue weighted by molar-refractivity contribution is -0.143. The number of hydrogen-bond donors (Lipinski definition) is 4. The van der Waals surface area contributed by atoms with Crippen LogP contribution in [-0.2, 0) is 10.5 Å². The second-order valence-corrected chi connectivity index (χ2v) is 8.80. The molecule has 2 amide bonds. The first-order valence-corrected chi connectivity index (χ1v) is 11.1. The molecule has 0 saturated carbocycles. The molecule has 184 valence electrons. The van der Waals surface area contributed by atoms with Gasteiger partial charge in [-0.1, -0.05) is 23.8 Å². The molecular weight excluding hydrogens is 450 g/mol. The molecule has 0 radical (unpaired) electrons. The zero-order valence-corrected chi connectivity index (χ0v) is 20.2. The average Bonchev–Trinajstić information content (AvgIpc) is 3.25. The highest BCUT2D eigenvalue weighted by atomic mass is 16.5. The third-order valence-corrected chi connectivity index (χ3v) is 6.37. The highest BCUT2D eigenvalue weighted by Crippen LogP contribution is 2.45. The molecule has 0 unspecified atom stereocenters. The van der Waals surface area contributed by atoms with Crippen LogP contribution in [0.15, 0.2) is 42.6 Å². The summed E-state index contributed by atoms with van der Waals surface area (Å²) in [6, 6.07) is 10.1. The molecule has 10 heteroatoms. The van der Waals surface area contributed by atoms with Crippen molar-refractivity contribution in [2.75, 3.05) is 24.9 Å². The number of rotatable bonds is 6. The quantitative estimate of drug-likeness (QED) is 0.426. The zero-order valence-electron chi connectivity index (χ0n) is 20.2. The van der Waals surface area contributed by atoms with E-state index < -0.39 is 29.5 Å². The Kier molecular flexibility index (Phi) is 6.16. The third kappa shape index (κ3) is 4.17. The van der Waals surface area contributed by atoms with E-state index in [9.17, 15) is 14.7 Å². The summed E-state index contributed by atoms with van der Waals surface area (Å²) in [6.45, 7) is 5.35. The van der Waals surface area contributed by atoms with Gasteiger partial charge in [-0.2, -0.15) is 5.10 Å². The number of hydrogen-bond acceptors (Lipinski definition) is 7. The maximum atomic E-state index is 13.7. The van der Waals surface area contributed by atoms with Crippen molar-refractivity contribution in [1.82, 2.24) is 9.78 Å². The largest absolute Gasteiger partial charge is 0.493 e. The number of nitrogens with one attached hydrogen (secondary N) is 2. The van der Waals surface area contributed by atoms with E-state index in [1.807, 2.05) is 32.0 Å². The molecule has 10 nitrogen and oxygen atoms in total. The molecule has 2 aromatic carbocycles. The van der Waals surface area contributed by atoms with E-state index in [0.29, 0.717) is 22.7 Å². The van der Waals surface area contributed by atoms with E-state index in [0.717, 1.165) is 11.1 Å². The van der Waals surface area contributed by atoms with Gasteiger partial charge in [0, 0.05) is 5.69 Å². The van der Waals surface area contributed by atoms with Gasteiger partial charge in [0.15, 0.2) is 17.2 Å². The van der Waals surface area contributed by atoms with Crippen LogP contribution in [0.4, 0.5) is 11.5 Å². The van der Waals surface area contributed by atoms with Crippen molar-refractivity contribution in [3.05, 3.63) is 64.8 Å². The first kappa shape index (κ1) is 24.1. The lowest BCUT2D eigenvalue weighted by Gasteiger charge is -2.43. The molecule has 1 aliphatic heterocycles. The van der Waals surface area contributed by atoms with Gasteiger partial charge in [0.25, 0.3) is 5.91 Å². The standard InChI is InChI=1S/C25H29N5O5/c1-13-6-8-17(14(2)10-13)28-24(32)20-21(15-7-9-18(34-4)19(11-15)35-5)29-23-16(22(26)31)12-27-30(23)25(20,3)33/h6-12,20-21,29,33H,1-5H3,(H2,26,31)(H,28,32)/t20-,21-,25+/m0/s1. The number of nitrogens with zero attached hydrogens (tertiary/aromatic N) is 2. The van der Waals surface area contributed by atoms with Crippen LogP contribution in [-0.4, -0.2) is 40.9 Å². The minimum atomic E-state index is -1.81. The van der Waals surface area contributed by atoms with Gasteiger partial charge < -0.3 is 30.9 Å². The Morgan fingerprint density at radius 1 is 1.14 bits per heavy atom. The van der Waals surface area contributed by atoms with E-state index in [1.54, 1.807) is 18.2 Å². The number of aliphatic hydroxyl groups is 1. The number of anilines is 2. The maximum absolute atomic E-state index is 13.7. The fourth-order valence-electron chi connectivity index (χ4n) is 4.58. The molecule has 1 aliphatic rings. The second kappa shape index (κ2) is 8.95. The fraction of sp³-hybridized carbons (Fsp3) is 0.320. The van der Waals surface area contributed by atoms with Gasteiger partial charge in [0.05, 0.1) is 26.5 Å². The van der Waals surface area contributed by atoms with Gasteiger partial charge in [-0.3, -0.25) is 9.59 Å². The van der Waals surface area contributed by atoms with Crippen LogP contribution < -0.4 is 25.8 Å². The van der Waals surface area contributed by atoms with Gasteiger partial charge in [-0.25, -0.2) is 4.68 Å². The van der Waals surface area contributed by atoms with Crippen molar-refractivity contribution in [2.24, 2.45) is 11.7 Å². The number of fused-ring (bicyclic) bond motifs is 1. The first-order chi connectivity index (χ1) is 16.6. The Labute approximate surface area is 203 Å². The van der Waals surface area contributed by atoms with E-state index in [-0.39, 0.29) is 11.4 Å². The van der Waals surface area contributed by atoms with Crippen LogP contribution in [0.5, 0.6) is 11.5 Å². The summed E-state index contributed by atoms with van der Waals surface area (Å²) >= 11 is 0. The van der Waals surface area contributed by atoms with Crippen molar-refractivity contribution in [3.8, 4) is 11.5 Å². The number of aromatic nitrogens is 2. The van der Waals surface area contributed by atoms with Crippen molar-refractivity contribution < 1.29 is 24.2 Å². The van der Waals surface area contributed by atoms with Gasteiger partial charge in [0.2, 0.25) is 5.91 Å². The topological polar surface area (TPSA) is 141 Å². The van der Waals surface area contributed by atoms with Crippen molar-refractivity contribution in [2.45, 2.75) is 32.5 Å². The number of carbonyl (C=O) groups is 2. The minimum absolute atomic E-state index is 0.101. The molecule has 2 heterocycles. The van der Waals surface area contributed by atoms with Gasteiger partial charge >= 0.3 is 0 Å². The number of nitrogens with two attached hydrogens (primary N) is 1. The van der Waals surface area contributed by atoms with Crippen LogP contribution in [0, 0.1) is 19.8 Å². The minimum Gasteiger partial charge on any atom is -0.493 e. The molecule has 0 aliphatic carbocycles. The highest BCUT2D eigenvalue weighted by Gasteiger charge is 2.51. The number of ether oxygens (including phenoxy) is 2. The molecule has 4 rings (SSSR count). The maximum Gasteiger partial charge on any atom is 0.254 e. The van der Waals surface area contributed by atoms with Gasteiger partial charge in [0.1, 0.15) is 17.3 Å². The van der Waals surface area contributed by atoms with Crippen molar-refractivity contribution in [1.29, 1.82) is 0 Å².